The number of benzene rings is 1. The van der Waals surface area contributed by atoms with Crippen LogP contribution in [-0.4, -0.2) is 18.7 Å². The summed E-state index contributed by atoms with van der Waals surface area (Å²) in [5.41, 5.74) is 0.918. The molecule has 86 valence electrons. The molecule has 0 amide bonds. The van der Waals surface area contributed by atoms with Gasteiger partial charge in [0.05, 0.1) is 19.2 Å². The molecular weight excluding hydrogens is 226 g/mol. The first kappa shape index (κ1) is 12.6. The first-order valence-electron chi connectivity index (χ1n) is 4.91. The Balaban J connectivity index is 0.00000128. The topological polar surface area (TPSA) is 31.4 Å². The Morgan fingerprint density at radius 2 is 2.00 bits per heavy atom. The molecule has 0 aliphatic heterocycles. The van der Waals surface area contributed by atoms with E-state index in [1.54, 1.807) is 7.11 Å². The van der Waals surface area contributed by atoms with Crippen LogP contribution in [0.4, 0.5) is 0 Å². The molecule has 0 saturated carbocycles. The predicted octanol–water partition coefficient (Wildman–Crippen LogP) is 3.06. The number of ether oxygens (including phenoxy) is 2. The molecule has 0 bridgehead atoms. The molecule has 1 heterocycles. The van der Waals surface area contributed by atoms with E-state index < -0.39 is 0 Å². The molecule has 0 unspecified atom stereocenters. The second-order valence-electron chi connectivity index (χ2n) is 3.14. The summed E-state index contributed by atoms with van der Waals surface area (Å²) in [5, 5.41) is 1.05. The summed E-state index contributed by atoms with van der Waals surface area (Å²) in [7, 11) is 1.66. The molecule has 1 aromatic carbocycles. The van der Waals surface area contributed by atoms with Gasteiger partial charge in [-0.1, -0.05) is 0 Å². The Morgan fingerprint density at radius 3 is 2.69 bits per heavy atom. The molecule has 0 atom stereocenters. The lowest BCUT2D eigenvalue weighted by molar-refractivity contribution is 0.328. The maximum absolute atomic E-state index is 5.33. The highest BCUT2D eigenvalue weighted by Crippen LogP contribution is 2.21. The van der Waals surface area contributed by atoms with Crippen LogP contribution in [0, 0.1) is 0 Å². The van der Waals surface area contributed by atoms with E-state index in [1.165, 1.54) is 0 Å². The third-order valence-electron chi connectivity index (χ3n) is 2.16. The number of rotatable bonds is 3. The largest absolute Gasteiger partial charge is 0.497 e. The fourth-order valence-corrected chi connectivity index (χ4v) is 1.44. The number of hydrogen-bond acceptors (Lipinski definition) is 3. The minimum Gasteiger partial charge on any atom is -0.497 e. The number of methoxy groups -OCH3 is 1. The van der Waals surface area contributed by atoms with Crippen LogP contribution in [0.25, 0.3) is 10.9 Å². The van der Waals surface area contributed by atoms with Crippen molar-refractivity contribution in [3.05, 3.63) is 30.3 Å². The second kappa shape index (κ2) is 5.56. The van der Waals surface area contributed by atoms with Gasteiger partial charge in [0, 0.05) is 11.5 Å². The van der Waals surface area contributed by atoms with Gasteiger partial charge in [-0.05, 0) is 31.2 Å². The Hall–Kier alpha value is -1.48. The normalized spacial score (nSPS) is 9.62. The van der Waals surface area contributed by atoms with Crippen molar-refractivity contribution in [2.75, 3.05) is 13.7 Å². The molecule has 0 saturated heterocycles. The SMILES string of the molecule is CCOc1ccc2cc(OC)ccc2n1.Cl. The molecule has 2 rings (SSSR count). The molecule has 4 heteroatoms. The molecule has 2 aromatic rings. The van der Waals surface area contributed by atoms with Gasteiger partial charge in [0.1, 0.15) is 5.75 Å². The molecule has 3 nitrogen and oxygen atoms in total. The minimum absolute atomic E-state index is 0. The number of pyridine rings is 1. The van der Waals surface area contributed by atoms with Crippen LogP contribution in [0.3, 0.4) is 0 Å². The van der Waals surface area contributed by atoms with Crippen molar-refractivity contribution < 1.29 is 9.47 Å². The molecule has 1 aromatic heterocycles. The second-order valence-corrected chi connectivity index (χ2v) is 3.14. The highest BCUT2D eigenvalue weighted by molar-refractivity contribution is 5.85. The maximum Gasteiger partial charge on any atom is 0.213 e. The lowest BCUT2D eigenvalue weighted by Crippen LogP contribution is -1.94. The molecule has 0 N–H and O–H groups in total. The Kier molecular flexibility index (Phi) is 4.38. The standard InChI is InChI=1S/C12H13NO2.ClH/c1-3-15-12-7-4-9-8-10(14-2)5-6-11(9)13-12;/h4-8H,3H2,1-2H3;1H. The zero-order valence-corrected chi connectivity index (χ0v) is 10.1. The van der Waals surface area contributed by atoms with E-state index in [2.05, 4.69) is 4.98 Å². The summed E-state index contributed by atoms with van der Waals surface area (Å²) in [6, 6.07) is 9.63. The fraction of sp³-hybridized carbons (Fsp3) is 0.250. The summed E-state index contributed by atoms with van der Waals surface area (Å²) in [4.78, 5) is 4.36. The number of fused-ring (bicyclic) bond motifs is 1. The van der Waals surface area contributed by atoms with Gasteiger partial charge in [-0.2, -0.15) is 0 Å². The van der Waals surface area contributed by atoms with Crippen LogP contribution in [0.15, 0.2) is 30.3 Å². The number of aromatic nitrogens is 1. The van der Waals surface area contributed by atoms with Crippen molar-refractivity contribution >= 4 is 23.3 Å². The van der Waals surface area contributed by atoms with Gasteiger partial charge < -0.3 is 9.47 Å². The monoisotopic (exact) mass is 239 g/mol. The van der Waals surface area contributed by atoms with Crippen LogP contribution in [-0.2, 0) is 0 Å². The van der Waals surface area contributed by atoms with Crippen molar-refractivity contribution in [2.45, 2.75) is 6.92 Å². The van der Waals surface area contributed by atoms with E-state index in [1.807, 2.05) is 37.3 Å². The average Bonchev–Trinajstić information content (AvgIpc) is 2.29. The van der Waals surface area contributed by atoms with Crippen LogP contribution < -0.4 is 9.47 Å². The summed E-state index contributed by atoms with van der Waals surface area (Å²) < 4.78 is 10.5. The Morgan fingerprint density at radius 1 is 1.19 bits per heavy atom. The van der Waals surface area contributed by atoms with Gasteiger partial charge in [-0.25, -0.2) is 4.98 Å². The minimum atomic E-state index is 0. The summed E-state index contributed by atoms with van der Waals surface area (Å²) in [6.07, 6.45) is 0. The predicted molar refractivity (Wildman–Crippen MR) is 66.7 cm³/mol. The average molecular weight is 240 g/mol. The van der Waals surface area contributed by atoms with E-state index in [0.717, 1.165) is 16.7 Å². The van der Waals surface area contributed by atoms with E-state index in [-0.39, 0.29) is 12.4 Å². The van der Waals surface area contributed by atoms with Crippen LogP contribution in [0.5, 0.6) is 11.6 Å². The van der Waals surface area contributed by atoms with Crippen molar-refractivity contribution in [2.24, 2.45) is 0 Å². The zero-order valence-electron chi connectivity index (χ0n) is 9.27. The molecule has 0 fully saturated rings. The van der Waals surface area contributed by atoms with Gasteiger partial charge in [0.2, 0.25) is 5.88 Å². The zero-order chi connectivity index (χ0) is 10.7. The highest BCUT2D eigenvalue weighted by atomic mass is 35.5. The molecular formula is C12H14ClNO2. The van der Waals surface area contributed by atoms with Gasteiger partial charge in [0.15, 0.2) is 0 Å². The van der Waals surface area contributed by atoms with E-state index >= 15 is 0 Å². The molecule has 0 aliphatic carbocycles. The molecule has 0 aliphatic rings. The first-order valence-corrected chi connectivity index (χ1v) is 4.91. The highest BCUT2D eigenvalue weighted by Gasteiger charge is 1.99. The molecule has 0 radical (unpaired) electrons. The fourth-order valence-electron chi connectivity index (χ4n) is 1.44. The van der Waals surface area contributed by atoms with Crippen molar-refractivity contribution in [3.63, 3.8) is 0 Å². The van der Waals surface area contributed by atoms with Crippen molar-refractivity contribution in [1.82, 2.24) is 4.98 Å². The van der Waals surface area contributed by atoms with Crippen molar-refractivity contribution in [1.29, 1.82) is 0 Å². The first-order chi connectivity index (χ1) is 7.33. The summed E-state index contributed by atoms with van der Waals surface area (Å²) in [6.45, 7) is 2.58. The maximum atomic E-state index is 5.33. The van der Waals surface area contributed by atoms with Crippen LogP contribution >= 0.6 is 12.4 Å². The lowest BCUT2D eigenvalue weighted by Gasteiger charge is -2.04. The van der Waals surface area contributed by atoms with Gasteiger partial charge in [0.25, 0.3) is 0 Å². The van der Waals surface area contributed by atoms with E-state index in [0.29, 0.717) is 12.5 Å². The van der Waals surface area contributed by atoms with Gasteiger partial charge in [-0.3, -0.25) is 0 Å². The van der Waals surface area contributed by atoms with E-state index in [4.69, 9.17) is 9.47 Å². The number of hydrogen-bond donors (Lipinski definition) is 0. The van der Waals surface area contributed by atoms with Crippen molar-refractivity contribution in [3.8, 4) is 11.6 Å². The van der Waals surface area contributed by atoms with Gasteiger partial charge in [-0.15, -0.1) is 12.4 Å². The smallest absolute Gasteiger partial charge is 0.213 e. The number of nitrogens with zero attached hydrogens (tertiary/aromatic N) is 1. The van der Waals surface area contributed by atoms with Gasteiger partial charge >= 0.3 is 0 Å². The third kappa shape index (κ3) is 2.55. The quantitative estimate of drug-likeness (QED) is 0.825. The van der Waals surface area contributed by atoms with Crippen LogP contribution in [0.2, 0.25) is 0 Å². The van der Waals surface area contributed by atoms with E-state index in [9.17, 15) is 0 Å². The van der Waals surface area contributed by atoms with Crippen LogP contribution in [0.1, 0.15) is 6.92 Å². The Labute approximate surface area is 101 Å². The molecule has 16 heavy (non-hydrogen) atoms. The molecule has 0 spiro atoms. The number of halogens is 1. The summed E-state index contributed by atoms with van der Waals surface area (Å²) in [5.74, 6) is 1.50. The lowest BCUT2D eigenvalue weighted by atomic mass is 10.2. The third-order valence-corrected chi connectivity index (χ3v) is 2.16. The summed E-state index contributed by atoms with van der Waals surface area (Å²) >= 11 is 0. The Bertz CT molecular complexity index is 474.